The second-order valence-electron chi connectivity index (χ2n) is 6.41. The molecule has 1 aromatic heterocycles. The second kappa shape index (κ2) is 5.51. The van der Waals surface area contributed by atoms with E-state index < -0.39 is 0 Å². The van der Waals surface area contributed by atoms with E-state index in [1.165, 1.54) is 24.8 Å². The van der Waals surface area contributed by atoms with Crippen molar-refractivity contribution >= 4 is 16.9 Å². The minimum Gasteiger partial charge on any atom is -0.346 e. The van der Waals surface area contributed by atoms with Crippen molar-refractivity contribution < 1.29 is 4.79 Å². The number of hydrogen-bond acceptors (Lipinski definition) is 2. The maximum atomic E-state index is 12.4. The zero-order chi connectivity index (χ0) is 15.0. The molecule has 2 N–H and O–H groups in total. The number of hydrogen-bond donors (Lipinski definition) is 2. The van der Waals surface area contributed by atoms with E-state index in [1.54, 1.807) is 0 Å². The van der Waals surface area contributed by atoms with Crippen LogP contribution in [0.5, 0.6) is 0 Å². The number of rotatable bonds is 2. The molecule has 4 nitrogen and oxygen atoms in total. The number of aromatic nitrogens is 2. The number of H-pyrrole nitrogens is 1. The van der Waals surface area contributed by atoms with Gasteiger partial charge in [0.25, 0.3) is 5.91 Å². The monoisotopic (exact) mass is 285 g/mol. The Morgan fingerprint density at radius 1 is 1.29 bits per heavy atom. The lowest BCUT2D eigenvalue weighted by molar-refractivity contribution is 0.0901. The van der Waals surface area contributed by atoms with Crippen LogP contribution in [-0.4, -0.2) is 21.9 Å². The summed E-state index contributed by atoms with van der Waals surface area (Å²) in [7, 11) is 0. The van der Waals surface area contributed by atoms with Gasteiger partial charge in [0.1, 0.15) is 0 Å². The van der Waals surface area contributed by atoms with Crippen LogP contribution in [0.15, 0.2) is 12.1 Å². The highest BCUT2D eigenvalue weighted by Crippen LogP contribution is 2.24. The Hall–Kier alpha value is -1.84. The normalized spacial score (nSPS) is 22.4. The summed E-state index contributed by atoms with van der Waals surface area (Å²) in [6, 6.07) is 4.41. The number of nitrogens with one attached hydrogen (secondary N) is 2. The molecule has 112 valence electrons. The molecule has 2 atom stereocenters. The molecule has 0 spiro atoms. The summed E-state index contributed by atoms with van der Waals surface area (Å²) < 4.78 is 0. The molecule has 1 aliphatic carbocycles. The molecule has 2 aromatic rings. The summed E-state index contributed by atoms with van der Waals surface area (Å²) in [6.07, 6.45) is 4.75. The van der Waals surface area contributed by atoms with Gasteiger partial charge in [0.15, 0.2) is 5.82 Å². The fourth-order valence-corrected chi connectivity index (χ4v) is 3.35. The molecule has 1 fully saturated rings. The van der Waals surface area contributed by atoms with Crippen molar-refractivity contribution in [3.8, 4) is 0 Å². The molecule has 0 radical (unpaired) electrons. The van der Waals surface area contributed by atoms with Crippen molar-refractivity contribution in [3.05, 3.63) is 29.1 Å². The summed E-state index contributed by atoms with van der Waals surface area (Å²) in [5.74, 6) is 0.898. The van der Waals surface area contributed by atoms with E-state index in [4.69, 9.17) is 0 Å². The van der Waals surface area contributed by atoms with Crippen molar-refractivity contribution in [2.75, 3.05) is 0 Å². The molecule has 0 bridgehead atoms. The van der Waals surface area contributed by atoms with E-state index in [9.17, 15) is 4.79 Å². The van der Waals surface area contributed by atoms with E-state index >= 15 is 0 Å². The van der Waals surface area contributed by atoms with Gasteiger partial charge in [0.05, 0.1) is 11.0 Å². The highest BCUT2D eigenvalue weighted by Gasteiger charge is 2.24. The molecular weight excluding hydrogens is 262 g/mol. The van der Waals surface area contributed by atoms with Crippen LogP contribution in [0.25, 0.3) is 11.0 Å². The van der Waals surface area contributed by atoms with Gasteiger partial charge in [-0.15, -0.1) is 0 Å². The van der Waals surface area contributed by atoms with Gasteiger partial charge >= 0.3 is 0 Å². The maximum Gasteiger partial charge on any atom is 0.287 e. The Labute approximate surface area is 125 Å². The third-order valence-electron chi connectivity index (χ3n) is 4.56. The number of benzene rings is 1. The zero-order valence-electron chi connectivity index (χ0n) is 13.0. The predicted molar refractivity (Wildman–Crippen MR) is 84.5 cm³/mol. The lowest BCUT2D eigenvalue weighted by Gasteiger charge is -2.29. The number of fused-ring (bicyclic) bond motifs is 1. The SMILES string of the molecule is Cc1cc(C)c2nc(C(=O)N[C@@H]3CCCC[C@@H]3C)[nH]c2c1. The molecular formula is C17H23N3O. The van der Waals surface area contributed by atoms with E-state index in [0.29, 0.717) is 11.7 Å². The summed E-state index contributed by atoms with van der Waals surface area (Å²) in [6.45, 7) is 6.30. The fraction of sp³-hybridized carbons (Fsp3) is 0.529. The summed E-state index contributed by atoms with van der Waals surface area (Å²) in [4.78, 5) is 20.1. The first kappa shape index (κ1) is 14.1. The van der Waals surface area contributed by atoms with Crippen molar-refractivity contribution in [2.45, 2.75) is 52.5 Å². The number of aryl methyl sites for hydroxylation is 2. The van der Waals surface area contributed by atoms with Crippen LogP contribution in [0.3, 0.4) is 0 Å². The standard InChI is InChI=1S/C17H23N3O/c1-10-8-12(3)15-14(9-10)18-16(20-15)17(21)19-13-7-5-4-6-11(13)2/h8-9,11,13H,4-7H2,1-3H3,(H,18,20)(H,19,21)/t11-,13+/m0/s1. The number of aromatic amines is 1. The molecule has 4 heteroatoms. The number of nitrogens with zero attached hydrogens (tertiary/aromatic N) is 1. The minimum atomic E-state index is -0.0815. The van der Waals surface area contributed by atoms with E-state index in [2.05, 4.69) is 35.2 Å². The topological polar surface area (TPSA) is 57.8 Å². The average Bonchev–Trinajstić information content (AvgIpc) is 2.85. The van der Waals surface area contributed by atoms with Gasteiger partial charge in [0.2, 0.25) is 0 Å². The van der Waals surface area contributed by atoms with Crippen molar-refractivity contribution in [3.63, 3.8) is 0 Å². The van der Waals surface area contributed by atoms with E-state index in [1.807, 2.05) is 13.0 Å². The summed E-state index contributed by atoms with van der Waals surface area (Å²) >= 11 is 0. The second-order valence-corrected chi connectivity index (χ2v) is 6.41. The molecule has 0 aliphatic heterocycles. The van der Waals surface area contributed by atoms with Gasteiger partial charge in [-0.05, 0) is 49.8 Å². The lowest BCUT2D eigenvalue weighted by atomic mass is 9.86. The molecule has 1 aromatic carbocycles. The zero-order valence-corrected chi connectivity index (χ0v) is 13.0. The van der Waals surface area contributed by atoms with Crippen molar-refractivity contribution in [1.82, 2.24) is 15.3 Å². The predicted octanol–water partition coefficient (Wildman–Crippen LogP) is 3.49. The number of carbonyl (C=O) groups excluding carboxylic acids is 1. The summed E-state index contributed by atoms with van der Waals surface area (Å²) in [5, 5.41) is 3.15. The maximum absolute atomic E-state index is 12.4. The smallest absolute Gasteiger partial charge is 0.287 e. The molecule has 0 saturated heterocycles. The van der Waals surface area contributed by atoms with Gasteiger partial charge in [-0.25, -0.2) is 4.98 Å². The largest absolute Gasteiger partial charge is 0.346 e. The van der Waals surface area contributed by atoms with E-state index in [-0.39, 0.29) is 11.9 Å². The van der Waals surface area contributed by atoms with Gasteiger partial charge in [-0.3, -0.25) is 4.79 Å². The number of amides is 1. The van der Waals surface area contributed by atoms with Crippen LogP contribution < -0.4 is 5.32 Å². The van der Waals surface area contributed by atoms with Crippen LogP contribution in [-0.2, 0) is 0 Å². The first-order valence-electron chi connectivity index (χ1n) is 7.82. The Bertz CT molecular complexity index is 674. The lowest BCUT2D eigenvalue weighted by Crippen LogP contribution is -2.41. The molecule has 1 heterocycles. The van der Waals surface area contributed by atoms with Gasteiger partial charge in [-0.2, -0.15) is 0 Å². The highest BCUT2D eigenvalue weighted by molar-refractivity contribution is 5.95. The number of carbonyl (C=O) groups is 1. The van der Waals surface area contributed by atoms with Gasteiger partial charge in [-0.1, -0.05) is 25.8 Å². The third kappa shape index (κ3) is 2.80. The Morgan fingerprint density at radius 3 is 2.81 bits per heavy atom. The molecule has 0 unspecified atom stereocenters. The fourth-order valence-electron chi connectivity index (χ4n) is 3.35. The Kier molecular flexibility index (Phi) is 3.70. The Morgan fingerprint density at radius 2 is 2.05 bits per heavy atom. The molecule has 3 rings (SSSR count). The molecule has 1 amide bonds. The molecule has 21 heavy (non-hydrogen) atoms. The van der Waals surface area contributed by atoms with Gasteiger partial charge in [0, 0.05) is 6.04 Å². The molecule has 1 saturated carbocycles. The quantitative estimate of drug-likeness (QED) is 0.887. The van der Waals surface area contributed by atoms with E-state index in [0.717, 1.165) is 23.0 Å². The number of imidazole rings is 1. The minimum absolute atomic E-state index is 0.0815. The first-order chi connectivity index (χ1) is 10.0. The van der Waals surface area contributed by atoms with Gasteiger partial charge < -0.3 is 10.3 Å². The average molecular weight is 285 g/mol. The highest BCUT2D eigenvalue weighted by atomic mass is 16.2. The van der Waals surface area contributed by atoms with Crippen molar-refractivity contribution in [1.29, 1.82) is 0 Å². The van der Waals surface area contributed by atoms with Crippen LogP contribution in [0.4, 0.5) is 0 Å². The van der Waals surface area contributed by atoms with Crippen LogP contribution >= 0.6 is 0 Å². The van der Waals surface area contributed by atoms with Crippen LogP contribution in [0, 0.1) is 19.8 Å². The third-order valence-corrected chi connectivity index (χ3v) is 4.56. The first-order valence-corrected chi connectivity index (χ1v) is 7.82. The molecule has 1 aliphatic rings. The Balaban J connectivity index is 1.83. The summed E-state index contributed by atoms with van der Waals surface area (Å²) in [5.41, 5.74) is 4.11. The van der Waals surface area contributed by atoms with Crippen LogP contribution in [0.2, 0.25) is 0 Å². The van der Waals surface area contributed by atoms with Crippen LogP contribution in [0.1, 0.15) is 54.4 Å². The van der Waals surface area contributed by atoms with Crippen molar-refractivity contribution in [2.24, 2.45) is 5.92 Å².